The summed E-state index contributed by atoms with van der Waals surface area (Å²) in [6, 6.07) is -0.746. The smallest absolute Gasteiger partial charge is 0.306 e. The summed E-state index contributed by atoms with van der Waals surface area (Å²) in [5.41, 5.74) is 0. The quantitative estimate of drug-likeness (QED) is 0.0262. The number of ether oxygens (including phenoxy) is 3. The highest BCUT2D eigenvalue weighted by Crippen LogP contribution is 2.12. The number of unbranched alkanes of at least 4 members (excludes halogenated alkanes) is 10. The molecule has 340 valence electrons. The van der Waals surface area contributed by atoms with Gasteiger partial charge in [0, 0.05) is 19.3 Å². The molecule has 0 bridgehead atoms. The van der Waals surface area contributed by atoms with Gasteiger partial charge in [-0.3, -0.25) is 9.59 Å². The van der Waals surface area contributed by atoms with Crippen molar-refractivity contribution in [2.45, 2.75) is 174 Å². The van der Waals surface area contributed by atoms with Gasteiger partial charge in [-0.2, -0.15) is 0 Å². The maximum atomic E-state index is 12.7. The van der Waals surface area contributed by atoms with Crippen molar-refractivity contribution in [1.29, 1.82) is 0 Å². The van der Waals surface area contributed by atoms with Crippen LogP contribution in [0.4, 0.5) is 0 Å². The Morgan fingerprint density at radius 3 is 1.45 bits per heavy atom. The summed E-state index contributed by atoms with van der Waals surface area (Å²) in [5, 5.41) is 11.6. The SMILES string of the molecule is CC/C=C\C/C=C\C/C=C\C/C=C\C/C=C\C/C=C\CCC(=O)OC(COCCC(C(=O)[O-])[N+](C)(C)C)COC(=O)CCCCCCCCC/C=C\C/C=C\CCCCC. The molecule has 0 rings (SSSR count). The van der Waals surface area contributed by atoms with Gasteiger partial charge in [0.05, 0.1) is 40.3 Å². The minimum absolute atomic E-state index is 0.00179. The summed E-state index contributed by atoms with van der Waals surface area (Å²) in [5.74, 6) is -1.87. The van der Waals surface area contributed by atoms with E-state index in [1.54, 1.807) is 21.1 Å². The molecule has 0 aromatic rings. The molecule has 8 heteroatoms. The number of hydrogen-bond acceptors (Lipinski definition) is 7. The number of likely N-dealkylation sites (N-methyl/N-ethyl adjacent to an activating group) is 1. The van der Waals surface area contributed by atoms with E-state index in [0.717, 1.165) is 70.6 Å². The van der Waals surface area contributed by atoms with Crippen LogP contribution in [0.15, 0.2) is 97.2 Å². The third-order valence-electron chi connectivity index (χ3n) is 9.72. The van der Waals surface area contributed by atoms with Gasteiger partial charge in [-0.15, -0.1) is 0 Å². The Balaban J connectivity index is 4.47. The third-order valence-corrected chi connectivity index (χ3v) is 9.72. The van der Waals surface area contributed by atoms with Crippen LogP contribution in [-0.4, -0.2) is 75.5 Å². The molecule has 0 aliphatic heterocycles. The minimum Gasteiger partial charge on any atom is -0.544 e. The number of nitrogens with zero attached hydrogens (tertiary/aromatic N) is 1. The van der Waals surface area contributed by atoms with E-state index in [2.05, 4.69) is 98.9 Å². The molecule has 8 nitrogen and oxygen atoms in total. The van der Waals surface area contributed by atoms with Gasteiger partial charge in [0.1, 0.15) is 12.6 Å². The number of carbonyl (C=O) groups is 3. The standard InChI is InChI=1S/C52H85NO7/c1-6-8-10-12-14-16-18-20-22-24-25-27-29-31-33-35-37-39-41-43-51(55)60-48(46-58-45-44-49(52(56)57)53(3,4)5)47-59-50(54)42-40-38-36-34-32-30-28-26-23-21-19-17-15-13-11-9-7-2/h8,10,14-17,20-23,25,27,31,33,37,39,48-49H,6-7,9,11-13,18-19,24,26,28-30,32,34-36,38,40-47H2,1-5H3/b10-8-,16-14-,17-15-,22-20-,23-21-,27-25-,33-31-,39-37-. The second-order valence-electron chi connectivity index (χ2n) is 16.3. The summed E-state index contributed by atoms with van der Waals surface area (Å²) in [6.45, 7) is 4.42. The largest absolute Gasteiger partial charge is 0.544 e. The Labute approximate surface area is 366 Å². The van der Waals surface area contributed by atoms with Crippen LogP contribution >= 0.6 is 0 Å². The molecule has 0 saturated carbocycles. The molecular formula is C52H85NO7. The first-order chi connectivity index (χ1) is 29.1. The first-order valence-corrected chi connectivity index (χ1v) is 23.3. The molecule has 0 aromatic heterocycles. The number of esters is 2. The summed E-state index contributed by atoms with van der Waals surface area (Å²) in [6.07, 6.45) is 55.9. The van der Waals surface area contributed by atoms with Gasteiger partial charge in [-0.1, -0.05) is 156 Å². The zero-order chi connectivity index (χ0) is 44.2. The van der Waals surface area contributed by atoms with E-state index in [0.29, 0.717) is 12.8 Å². The van der Waals surface area contributed by atoms with Crippen molar-refractivity contribution in [1.82, 2.24) is 0 Å². The molecule has 0 aliphatic rings. The first-order valence-electron chi connectivity index (χ1n) is 23.3. The number of carbonyl (C=O) groups excluding carboxylic acids is 3. The predicted molar refractivity (Wildman–Crippen MR) is 249 cm³/mol. The number of rotatable bonds is 40. The van der Waals surface area contributed by atoms with E-state index in [1.165, 1.54) is 51.4 Å². The summed E-state index contributed by atoms with van der Waals surface area (Å²) in [4.78, 5) is 36.9. The Hall–Kier alpha value is -3.75. The highest BCUT2D eigenvalue weighted by molar-refractivity contribution is 5.70. The van der Waals surface area contributed by atoms with Gasteiger partial charge >= 0.3 is 11.9 Å². The molecule has 0 saturated heterocycles. The molecule has 0 N–H and O–H groups in total. The number of carboxylic acids is 1. The Morgan fingerprint density at radius 1 is 0.517 bits per heavy atom. The Bertz CT molecular complexity index is 1300. The summed E-state index contributed by atoms with van der Waals surface area (Å²) >= 11 is 0. The van der Waals surface area contributed by atoms with Crippen molar-refractivity contribution in [3.8, 4) is 0 Å². The molecule has 0 fully saturated rings. The lowest BCUT2D eigenvalue weighted by Gasteiger charge is -2.34. The highest BCUT2D eigenvalue weighted by atomic mass is 16.6. The second kappa shape index (κ2) is 42.0. The van der Waals surface area contributed by atoms with Crippen molar-refractivity contribution >= 4 is 17.9 Å². The minimum atomic E-state index is -1.14. The fraction of sp³-hybridized carbons (Fsp3) is 0.635. The second-order valence-corrected chi connectivity index (χ2v) is 16.3. The number of aliphatic carboxylic acids is 1. The number of hydrogen-bond donors (Lipinski definition) is 0. The van der Waals surface area contributed by atoms with Gasteiger partial charge in [0.15, 0.2) is 6.10 Å². The molecule has 60 heavy (non-hydrogen) atoms. The van der Waals surface area contributed by atoms with Gasteiger partial charge in [0.25, 0.3) is 0 Å². The highest BCUT2D eigenvalue weighted by Gasteiger charge is 2.25. The molecule has 0 radical (unpaired) electrons. The van der Waals surface area contributed by atoms with Crippen molar-refractivity contribution in [3.05, 3.63) is 97.2 Å². The van der Waals surface area contributed by atoms with Crippen molar-refractivity contribution in [2.75, 3.05) is 41.0 Å². The lowest BCUT2D eigenvalue weighted by Crippen LogP contribution is -2.55. The lowest BCUT2D eigenvalue weighted by atomic mass is 10.1. The number of carboxylic acid groups (broad SMARTS) is 1. The summed E-state index contributed by atoms with van der Waals surface area (Å²) < 4.78 is 17.1. The van der Waals surface area contributed by atoms with Gasteiger partial charge in [0.2, 0.25) is 0 Å². The van der Waals surface area contributed by atoms with E-state index in [4.69, 9.17) is 14.2 Å². The van der Waals surface area contributed by atoms with Crippen LogP contribution in [0.5, 0.6) is 0 Å². The predicted octanol–water partition coefficient (Wildman–Crippen LogP) is 11.7. The van der Waals surface area contributed by atoms with Crippen molar-refractivity contribution in [2.24, 2.45) is 0 Å². The lowest BCUT2D eigenvalue weighted by molar-refractivity contribution is -0.889. The average molecular weight is 836 g/mol. The average Bonchev–Trinajstić information content (AvgIpc) is 3.21. The molecule has 0 spiro atoms. The van der Waals surface area contributed by atoms with E-state index in [9.17, 15) is 19.5 Å². The van der Waals surface area contributed by atoms with Crippen LogP contribution in [0.2, 0.25) is 0 Å². The topological polar surface area (TPSA) is 102 Å². The molecule has 0 heterocycles. The normalized spacial score (nSPS) is 13.8. The molecule has 2 unspecified atom stereocenters. The molecule has 0 amide bonds. The van der Waals surface area contributed by atoms with E-state index in [1.807, 2.05) is 12.2 Å². The van der Waals surface area contributed by atoms with Crippen molar-refractivity contribution in [3.63, 3.8) is 0 Å². The number of quaternary nitrogens is 1. The van der Waals surface area contributed by atoms with Crippen LogP contribution < -0.4 is 5.11 Å². The Kier molecular flexibility index (Phi) is 39.3. The van der Waals surface area contributed by atoms with Crippen LogP contribution in [0.3, 0.4) is 0 Å². The van der Waals surface area contributed by atoms with E-state index >= 15 is 0 Å². The summed E-state index contributed by atoms with van der Waals surface area (Å²) in [7, 11) is 5.37. The maximum Gasteiger partial charge on any atom is 0.306 e. The molecule has 2 atom stereocenters. The Morgan fingerprint density at radius 2 is 0.967 bits per heavy atom. The molecule has 0 aromatic carbocycles. The van der Waals surface area contributed by atoms with Crippen LogP contribution in [0.1, 0.15) is 162 Å². The maximum absolute atomic E-state index is 12.7. The van der Waals surface area contributed by atoms with Gasteiger partial charge < -0.3 is 28.6 Å². The fourth-order valence-electron chi connectivity index (χ4n) is 6.13. The fourth-order valence-corrected chi connectivity index (χ4v) is 6.13. The van der Waals surface area contributed by atoms with Crippen LogP contribution in [0, 0.1) is 0 Å². The first kappa shape index (κ1) is 56.2. The van der Waals surface area contributed by atoms with E-state index < -0.39 is 24.1 Å². The third kappa shape index (κ3) is 39.7. The zero-order valence-electron chi connectivity index (χ0n) is 38.6. The monoisotopic (exact) mass is 836 g/mol. The van der Waals surface area contributed by atoms with Gasteiger partial charge in [-0.25, -0.2) is 0 Å². The van der Waals surface area contributed by atoms with Crippen molar-refractivity contribution < 1.29 is 38.2 Å². The van der Waals surface area contributed by atoms with Crippen LogP contribution in [0.25, 0.3) is 0 Å². The number of allylic oxidation sites excluding steroid dienone is 16. The zero-order valence-corrected chi connectivity index (χ0v) is 38.6. The van der Waals surface area contributed by atoms with Crippen LogP contribution in [-0.2, 0) is 28.6 Å². The molecule has 0 aliphatic carbocycles. The van der Waals surface area contributed by atoms with E-state index in [-0.39, 0.29) is 43.1 Å². The molecular weight excluding hydrogens is 751 g/mol. The van der Waals surface area contributed by atoms with Gasteiger partial charge in [-0.05, 0) is 83.5 Å².